The summed E-state index contributed by atoms with van der Waals surface area (Å²) < 4.78 is 0. The van der Waals surface area contributed by atoms with Crippen LogP contribution in [0.1, 0.15) is 77.6 Å². The van der Waals surface area contributed by atoms with E-state index in [2.05, 4.69) is 11.8 Å². The summed E-state index contributed by atoms with van der Waals surface area (Å²) in [7, 11) is 0. The van der Waals surface area contributed by atoms with Crippen molar-refractivity contribution >= 4 is 0 Å². The van der Waals surface area contributed by atoms with Crippen LogP contribution in [-0.4, -0.2) is 34.7 Å². The van der Waals surface area contributed by atoms with E-state index in [0.29, 0.717) is 12.0 Å². The fourth-order valence-electron chi connectivity index (χ4n) is 5.25. The van der Waals surface area contributed by atoms with Gasteiger partial charge in [0.05, 0.1) is 6.10 Å². The first-order valence-corrected chi connectivity index (χ1v) is 9.23. The summed E-state index contributed by atoms with van der Waals surface area (Å²) in [6.07, 6.45) is 14.7. The molecule has 2 aliphatic carbocycles. The zero-order valence-electron chi connectivity index (χ0n) is 13.3. The van der Waals surface area contributed by atoms with Gasteiger partial charge in [0.15, 0.2) is 0 Å². The molecule has 2 heteroatoms. The SMILES string of the molecule is CCC1CCCC(N2CCCC2C2CCCCC2O)C1. The van der Waals surface area contributed by atoms with Crippen molar-refractivity contribution in [1.82, 2.24) is 4.90 Å². The number of hydrogen-bond acceptors (Lipinski definition) is 2. The Hall–Kier alpha value is -0.0800. The van der Waals surface area contributed by atoms with Crippen molar-refractivity contribution in [3.63, 3.8) is 0 Å². The minimum absolute atomic E-state index is 0.0140. The average Bonchev–Trinajstić information content (AvgIpc) is 2.97. The van der Waals surface area contributed by atoms with Crippen LogP contribution in [0.25, 0.3) is 0 Å². The Balaban J connectivity index is 1.65. The molecular formula is C18H33NO. The summed E-state index contributed by atoms with van der Waals surface area (Å²) in [4.78, 5) is 2.83. The van der Waals surface area contributed by atoms with Gasteiger partial charge in [-0.3, -0.25) is 4.90 Å². The summed E-state index contributed by atoms with van der Waals surface area (Å²) in [6.45, 7) is 3.66. The first-order valence-electron chi connectivity index (χ1n) is 9.23. The highest BCUT2D eigenvalue weighted by molar-refractivity contribution is 4.94. The zero-order valence-corrected chi connectivity index (χ0v) is 13.3. The van der Waals surface area contributed by atoms with E-state index in [0.717, 1.165) is 18.4 Å². The van der Waals surface area contributed by atoms with E-state index in [1.165, 1.54) is 70.8 Å². The monoisotopic (exact) mass is 279 g/mol. The lowest BCUT2D eigenvalue weighted by Crippen LogP contribution is -2.48. The predicted molar refractivity (Wildman–Crippen MR) is 83.7 cm³/mol. The molecule has 1 saturated heterocycles. The van der Waals surface area contributed by atoms with Gasteiger partial charge in [-0.05, 0) is 51.0 Å². The lowest BCUT2D eigenvalue weighted by molar-refractivity contribution is 0.00127. The van der Waals surface area contributed by atoms with Gasteiger partial charge >= 0.3 is 0 Å². The molecule has 116 valence electrons. The second-order valence-corrected chi connectivity index (χ2v) is 7.56. The standard InChI is InChI=1S/C18H33NO/c1-2-14-7-5-8-15(13-14)19-12-6-10-17(19)16-9-3-4-11-18(16)20/h14-18,20H,2-13H2,1H3. The van der Waals surface area contributed by atoms with E-state index in [-0.39, 0.29) is 6.10 Å². The Labute approximate surface area is 124 Å². The van der Waals surface area contributed by atoms with Gasteiger partial charge in [0.2, 0.25) is 0 Å². The molecule has 2 nitrogen and oxygen atoms in total. The number of aliphatic hydroxyl groups excluding tert-OH is 1. The lowest BCUT2D eigenvalue weighted by atomic mass is 9.78. The van der Waals surface area contributed by atoms with Crippen LogP contribution in [0, 0.1) is 11.8 Å². The molecule has 2 saturated carbocycles. The van der Waals surface area contributed by atoms with Crippen LogP contribution >= 0.6 is 0 Å². The highest BCUT2D eigenvalue weighted by Gasteiger charge is 2.40. The van der Waals surface area contributed by atoms with Gasteiger partial charge in [0.25, 0.3) is 0 Å². The number of rotatable bonds is 3. The summed E-state index contributed by atoms with van der Waals surface area (Å²) >= 11 is 0. The quantitative estimate of drug-likeness (QED) is 0.845. The molecule has 0 aromatic carbocycles. The van der Waals surface area contributed by atoms with Crippen molar-refractivity contribution in [3.05, 3.63) is 0 Å². The van der Waals surface area contributed by atoms with Crippen molar-refractivity contribution < 1.29 is 5.11 Å². The van der Waals surface area contributed by atoms with Crippen molar-refractivity contribution in [2.75, 3.05) is 6.54 Å². The van der Waals surface area contributed by atoms with Crippen LogP contribution in [0.5, 0.6) is 0 Å². The van der Waals surface area contributed by atoms with Gasteiger partial charge in [0, 0.05) is 18.0 Å². The van der Waals surface area contributed by atoms with E-state index >= 15 is 0 Å². The van der Waals surface area contributed by atoms with Crippen molar-refractivity contribution in [2.45, 2.75) is 95.7 Å². The summed E-state index contributed by atoms with van der Waals surface area (Å²) in [5, 5.41) is 10.4. The lowest BCUT2D eigenvalue weighted by Gasteiger charge is -2.43. The minimum Gasteiger partial charge on any atom is -0.393 e. The van der Waals surface area contributed by atoms with Crippen LogP contribution in [0.3, 0.4) is 0 Å². The molecule has 1 heterocycles. The molecule has 1 N–H and O–H groups in total. The van der Waals surface area contributed by atoms with Crippen molar-refractivity contribution in [2.24, 2.45) is 11.8 Å². The Kier molecular flexibility index (Phi) is 5.04. The molecule has 0 aromatic heterocycles. The van der Waals surface area contributed by atoms with E-state index in [9.17, 15) is 5.11 Å². The highest BCUT2D eigenvalue weighted by Crippen LogP contribution is 2.39. The first-order chi connectivity index (χ1) is 9.79. The van der Waals surface area contributed by atoms with Crippen LogP contribution in [0.4, 0.5) is 0 Å². The van der Waals surface area contributed by atoms with Gasteiger partial charge < -0.3 is 5.11 Å². The maximum Gasteiger partial charge on any atom is 0.0583 e. The summed E-state index contributed by atoms with van der Waals surface area (Å²) in [5.74, 6) is 1.54. The molecule has 0 aromatic rings. The van der Waals surface area contributed by atoms with Gasteiger partial charge in [-0.25, -0.2) is 0 Å². The summed E-state index contributed by atoms with van der Waals surface area (Å²) in [5.41, 5.74) is 0. The largest absolute Gasteiger partial charge is 0.393 e. The van der Waals surface area contributed by atoms with E-state index < -0.39 is 0 Å². The fourth-order valence-corrected chi connectivity index (χ4v) is 5.25. The Morgan fingerprint density at radius 3 is 2.60 bits per heavy atom. The number of hydrogen-bond donors (Lipinski definition) is 1. The highest BCUT2D eigenvalue weighted by atomic mass is 16.3. The molecule has 3 fully saturated rings. The van der Waals surface area contributed by atoms with E-state index in [1.54, 1.807) is 0 Å². The molecule has 5 atom stereocenters. The Morgan fingerprint density at radius 1 is 0.950 bits per heavy atom. The second kappa shape index (κ2) is 6.79. The number of likely N-dealkylation sites (tertiary alicyclic amines) is 1. The average molecular weight is 279 g/mol. The van der Waals surface area contributed by atoms with Crippen LogP contribution < -0.4 is 0 Å². The Bertz CT molecular complexity index is 306. The van der Waals surface area contributed by atoms with Crippen LogP contribution in [0.15, 0.2) is 0 Å². The van der Waals surface area contributed by atoms with Crippen LogP contribution in [0.2, 0.25) is 0 Å². The second-order valence-electron chi connectivity index (χ2n) is 7.56. The molecule has 20 heavy (non-hydrogen) atoms. The van der Waals surface area contributed by atoms with Gasteiger partial charge in [-0.1, -0.05) is 39.0 Å². The van der Waals surface area contributed by atoms with Crippen molar-refractivity contribution in [1.29, 1.82) is 0 Å². The molecule has 3 aliphatic rings. The zero-order chi connectivity index (χ0) is 13.9. The van der Waals surface area contributed by atoms with Crippen LogP contribution in [-0.2, 0) is 0 Å². The number of aliphatic hydroxyl groups is 1. The molecule has 1 aliphatic heterocycles. The topological polar surface area (TPSA) is 23.5 Å². The maximum absolute atomic E-state index is 10.4. The van der Waals surface area contributed by atoms with Crippen molar-refractivity contribution in [3.8, 4) is 0 Å². The molecule has 0 spiro atoms. The smallest absolute Gasteiger partial charge is 0.0583 e. The molecular weight excluding hydrogens is 246 g/mol. The molecule has 3 rings (SSSR count). The minimum atomic E-state index is -0.0140. The van der Waals surface area contributed by atoms with E-state index in [1.807, 2.05) is 0 Å². The Morgan fingerprint density at radius 2 is 1.80 bits per heavy atom. The van der Waals surface area contributed by atoms with Gasteiger partial charge in [-0.15, -0.1) is 0 Å². The van der Waals surface area contributed by atoms with E-state index in [4.69, 9.17) is 0 Å². The van der Waals surface area contributed by atoms with Gasteiger partial charge in [-0.2, -0.15) is 0 Å². The fraction of sp³-hybridized carbons (Fsp3) is 1.00. The molecule has 0 radical (unpaired) electrons. The third-order valence-electron chi connectivity index (χ3n) is 6.42. The number of nitrogens with zero attached hydrogens (tertiary/aromatic N) is 1. The third kappa shape index (κ3) is 3.06. The normalized spacial score (nSPS) is 43.8. The third-order valence-corrected chi connectivity index (χ3v) is 6.42. The summed E-state index contributed by atoms with van der Waals surface area (Å²) in [6, 6.07) is 1.53. The molecule has 5 unspecified atom stereocenters. The molecule has 0 amide bonds. The predicted octanol–water partition coefficient (Wildman–Crippen LogP) is 3.97. The maximum atomic E-state index is 10.4. The first kappa shape index (κ1) is 14.8. The molecule has 0 bridgehead atoms. The van der Waals surface area contributed by atoms with Gasteiger partial charge in [0.1, 0.15) is 0 Å².